The number of hydrogen-bond acceptors (Lipinski definition) is 3. The number of hydrogen-bond donors (Lipinski definition) is 2. The van der Waals surface area contributed by atoms with Gasteiger partial charge in [-0.05, 0) is 70.5 Å². The van der Waals surface area contributed by atoms with Crippen molar-refractivity contribution in [3.05, 3.63) is 35.9 Å². The first-order valence-electron chi connectivity index (χ1n) is 10.4. The van der Waals surface area contributed by atoms with Gasteiger partial charge in [0.1, 0.15) is 0 Å². The quantitative estimate of drug-likeness (QED) is 0.806. The number of amides is 2. The molecule has 3 rings (SSSR count). The van der Waals surface area contributed by atoms with Gasteiger partial charge in [-0.3, -0.25) is 0 Å². The smallest absolute Gasteiger partial charge is 0.317 e. The first kappa shape index (κ1) is 20.2. The zero-order valence-corrected chi connectivity index (χ0v) is 16.9. The van der Waals surface area contributed by atoms with E-state index in [1.807, 2.05) is 23.1 Å². The summed E-state index contributed by atoms with van der Waals surface area (Å²) < 4.78 is 0. The number of aliphatic hydroxyl groups excluding tert-OH is 1. The van der Waals surface area contributed by atoms with Crippen LogP contribution in [0.5, 0.6) is 0 Å². The number of urea groups is 1. The third kappa shape index (κ3) is 5.94. The zero-order chi connectivity index (χ0) is 19.3. The first-order valence-corrected chi connectivity index (χ1v) is 10.4. The van der Waals surface area contributed by atoms with E-state index >= 15 is 0 Å². The van der Waals surface area contributed by atoms with Crippen molar-refractivity contribution < 1.29 is 9.90 Å². The van der Waals surface area contributed by atoms with Crippen LogP contribution < -0.4 is 5.32 Å². The molecule has 2 N–H and O–H groups in total. The van der Waals surface area contributed by atoms with Crippen molar-refractivity contribution in [3.63, 3.8) is 0 Å². The van der Waals surface area contributed by atoms with Crippen LogP contribution in [0.2, 0.25) is 0 Å². The van der Waals surface area contributed by atoms with E-state index in [0.717, 1.165) is 45.6 Å². The average molecular weight is 374 g/mol. The Kier molecular flexibility index (Phi) is 6.77. The highest BCUT2D eigenvalue weighted by Crippen LogP contribution is 2.23. The highest BCUT2D eigenvalue weighted by molar-refractivity contribution is 5.75. The monoisotopic (exact) mass is 373 g/mol. The molecule has 1 atom stereocenters. The molecule has 2 heterocycles. The maximum atomic E-state index is 12.7. The number of rotatable bonds is 6. The van der Waals surface area contributed by atoms with Gasteiger partial charge in [-0.1, -0.05) is 30.3 Å². The minimum Gasteiger partial charge on any atom is -0.392 e. The Morgan fingerprint density at radius 1 is 1.15 bits per heavy atom. The molecule has 2 aliphatic rings. The maximum Gasteiger partial charge on any atom is 0.317 e. The Labute approximate surface area is 163 Å². The molecule has 1 aromatic rings. The molecule has 1 aromatic carbocycles. The van der Waals surface area contributed by atoms with Crippen molar-refractivity contribution in [2.45, 2.75) is 57.6 Å². The lowest BCUT2D eigenvalue weighted by molar-refractivity contribution is 0.0656. The van der Waals surface area contributed by atoms with Crippen LogP contribution >= 0.6 is 0 Å². The molecular formula is C22H35N3O2. The lowest BCUT2D eigenvalue weighted by Crippen LogP contribution is -2.56. The van der Waals surface area contributed by atoms with E-state index in [2.05, 4.69) is 36.2 Å². The summed E-state index contributed by atoms with van der Waals surface area (Å²) in [4.78, 5) is 17.0. The van der Waals surface area contributed by atoms with E-state index in [1.54, 1.807) is 0 Å². The minimum atomic E-state index is -0.329. The predicted molar refractivity (Wildman–Crippen MR) is 109 cm³/mol. The van der Waals surface area contributed by atoms with Crippen LogP contribution in [0, 0.1) is 5.92 Å². The van der Waals surface area contributed by atoms with Crippen LogP contribution in [0.25, 0.3) is 0 Å². The van der Waals surface area contributed by atoms with Crippen molar-refractivity contribution in [1.29, 1.82) is 0 Å². The van der Waals surface area contributed by atoms with Gasteiger partial charge in [-0.15, -0.1) is 0 Å². The third-order valence-electron chi connectivity index (χ3n) is 5.92. The second kappa shape index (κ2) is 9.07. The summed E-state index contributed by atoms with van der Waals surface area (Å²) >= 11 is 0. The fourth-order valence-electron chi connectivity index (χ4n) is 4.42. The highest BCUT2D eigenvalue weighted by Gasteiger charge is 2.31. The van der Waals surface area contributed by atoms with E-state index in [-0.39, 0.29) is 23.6 Å². The summed E-state index contributed by atoms with van der Waals surface area (Å²) in [5.41, 5.74) is 0.958. The number of benzene rings is 1. The molecule has 0 bridgehead atoms. The molecule has 2 saturated heterocycles. The van der Waals surface area contributed by atoms with E-state index in [0.29, 0.717) is 6.42 Å². The Balaban J connectivity index is 1.43. The highest BCUT2D eigenvalue weighted by atomic mass is 16.3. The first-order chi connectivity index (χ1) is 12.9. The Hall–Kier alpha value is -1.59. The van der Waals surface area contributed by atoms with Crippen molar-refractivity contribution in [2.24, 2.45) is 5.92 Å². The standard InChI is InChI=1S/C22H35N3O2/c1-22(2,17-24-12-6-7-13-24)23-21(27)25-14-10-19(11-15-25)20(26)16-18-8-4-3-5-9-18/h3-5,8-9,19-20,26H,6-7,10-17H2,1-2H3,(H,23,27)/t20-/m1/s1. The number of carbonyl (C=O) groups excluding carboxylic acids is 1. The molecule has 27 heavy (non-hydrogen) atoms. The van der Waals surface area contributed by atoms with Gasteiger partial charge in [-0.2, -0.15) is 0 Å². The van der Waals surface area contributed by atoms with E-state index in [1.165, 1.54) is 18.4 Å². The van der Waals surface area contributed by atoms with E-state index in [4.69, 9.17) is 0 Å². The molecule has 0 spiro atoms. The Morgan fingerprint density at radius 3 is 2.41 bits per heavy atom. The van der Waals surface area contributed by atoms with Crippen LogP contribution in [-0.4, -0.2) is 65.3 Å². The molecule has 2 amide bonds. The van der Waals surface area contributed by atoms with E-state index in [9.17, 15) is 9.90 Å². The summed E-state index contributed by atoms with van der Waals surface area (Å²) in [6, 6.07) is 10.2. The Morgan fingerprint density at radius 2 is 1.78 bits per heavy atom. The van der Waals surface area contributed by atoms with Crippen molar-refractivity contribution in [1.82, 2.24) is 15.1 Å². The number of nitrogens with zero attached hydrogens (tertiary/aromatic N) is 2. The molecular weight excluding hydrogens is 338 g/mol. The van der Waals surface area contributed by atoms with Gasteiger partial charge in [0.05, 0.1) is 6.10 Å². The minimum absolute atomic E-state index is 0.0372. The van der Waals surface area contributed by atoms with Gasteiger partial charge in [-0.25, -0.2) is 4.79 Å². The van der Waals surface area contributed by atoms with Crippen molar-refractivity contribution in [3.8, 4) is 0 Å². The normalized spacial score (nSPS) is 20.6. The molecule has 0 unspecified atom stereocenters. The van der Waals surface area contributed by atoms with Crippen LogP contribution in [0.4, 0.5) is 4.79 Å². The largest absolute Gasteiger partial charge is 0.392 e. The third-order valence-corrected chi connectivity index (χ3v) is 5.92. The number of carbonyl (C=O) groups is 1. The summed E-state index contributed by atoms with van der Waals surface area (Å²) in [5, 5.41) is 13.8. The number of aliphatic hydroxyl groups is 1. The molecule has 2 fully saturated rings. The van der Waals surface area contributed by atoms with Gasteiger partial charge in [0, 0.05) is 25.2 Å². The average Bonchev–Trinajstić information content (AvgIpc) is 3.14. The second-order valence-corrected chi connectivity index (χ2v) is 8.88. The summed E-state index contributed by atoms with van der Waals surface area (Å²) in [6.45, 7) is 8.86. The molecule has 0 radical (unpaired) electrons. The maximum absolute atomic E-state index is 12.7. The lowest BCUT2D eigenvalue weighted by atomic mass is 9.88. The van der Waals surface area contributed by atoms with Gasteiger partial charge < -0.3 is 20.2 Å². The molecule has 5 nitrogen and oxygen atoms in total. The topological polar surface area (TPSA) is 55.8 Å². The van der Waals surface area contributed by atoms with Gasteiger partial charge in [0.15, 0.2) is 0 Å². The van der Waals surface area contributed by atoms with Gasteiger partial charge >= 0.3 is 6.03 Å². The fourth-order valence-corrected chi connectivity index (χ4v) is 4.42. The summed E-state index contributed by atoms with van der Waals surface area (Å²) in [6.07, 6.45) is 4.64. The van der Waals surface area contributed by atoms with Crippen molar-refractivity contribution in [2.75, 3.05) is 32.7 Å². The molecule has 2 aliphatic heterocycles. The Bertz CT molecular complexity index is 591. The zero-order valence-electron chi connectivity index (χ0n) is 16.9. The van der Waals surface area contributed by atoms with Gasteiger partial charge in [0.25, 0.3) is 0 Å². The summed E-state index contributed by atoms with van der Waals surface area (Å²) in [7, 11) is 0. The number of likely N-dealkylation sites (tertiary alicyclic amines) is 2. The van der Waals surface area contributed by atoms with Crippen molar-refractivity contribution >= 4 is 6.03 Å². The molecule has 0 aromatic heterocycles. The molecule has 5 heteroatoms. The van der Waals surface area contributed by atoms with Crippen LogP contribution in [-0.2, 0) is 6.42 Å². The van der Waals surface area contributed by atoms with Crippen LogP contribution in [0.1, 0.15) is 45.1 Å². The molecule has 0 saturated carbocycles. The molecule has 0 aliphatic carbocycles. The molecule has 150 valence electrons. The predicted octanol–water partition coefficient (Wildman–Crippen LogP) is 2.89. The number of piperidine rings is 1. The lowest BCUT2D eigenvalue weighted by Gasteiger charge is -2.37. The van der Waals surface area contributed by atoms with Crippen LogP contribution in [0.3, 0.4) is 0 Å². The fraction of sp³-hybridized carbons (Fsp3) is 0.682. The van der Waals surface area contributed by atoms with Crippen LogP contribution in [0.15, 0.2) is 30.3 Å². The second-order valence-electron chi connectivity index (χ2n) is 8.88. The SMILES string of the molecule is CC(C)(CN1CCCC1)NC(=O)N1CCC([C@H](O)Cc2ccccc2)CC1. The van der Waals surface area contributed by atoms with E-state index < -0.39 is 0 Å². The number of nitrogens with one attached hydrogen (secondary N) is 1. The van der Waals surface area contributed by atoms with Gasteiger partial charge in [0.2, 0.25) is 0 Å². The summed E-state index contributed by atoms with van der Waals surface area (Å²) in [5.74, 6) is 0.270.